The first-order valence-electron chi connectivity index (χ1n) is 6.46. The maximum Gasteiger partial charge on any atom is 0.308 e. The van der Waals surface area contributed by atoms with Crippen molar-refractivity contribution in [1.82, 2.24) is 4.98 Å². The lowest BCUT2D eigenvalue weighted by atomic mass is 10.3. The number of thiophene rings is 2. The fraction of sp³-hybridized carbons (Fsp3) is 0.200. The molecule has 3 aromatic heterocycles. The first kappa shape index (κ1) is 15.7. The summed E-state index contributed by atoms with van der Waals surface area (Å²) in [5, 5.41) is 1.38. The van der Waals surface area contributed by atoms with Gasteiger partial charge in [0, 0.05) is 11.8 Å². The first-order chi connectivity index (χ1) is 10.4. The number of carbonyl (C=O) groups excluding carboxylic acids is 1. The van der Waals surface area contributed by atoms with Gasteiger partial charge in [-0.1, -0.05) is 22.9 Å². The van der Waals surface area contributed by atoms with Crippen molar-refractivity contribution in [2.75, 3.05) is 0 Å². The number of carbonyl (C=O) groups is 1. The lowest BCUT2D eigenvalue weighted by molar-refractivity contribution is -0.131. The maximum absolute atomic E-state index is 11.3. The van der Waals surface area contributed by atoms with Crippen molar-refractivity contribution in [2.45, 2.75) is 20.8 Å². The van der Waals surface area contributed by atoms with Gasteiger partial charge in [0.25, 0.3) is 0 Å². The molecule has 3 aromatic rings. The Hall–Kier alpha value is -1.21. The molecule has 0 amide bonds. The molecule has 0 radical (unpaired) electrons. The lowest BCUT2D eigenvalue weighted by Gasteiger charge is -1.98. The minimum absolute atomic E-state index is 0.349. The standard InChI is InChI=1S/C15H12ClNO2S3/c1-7-6-11(20-8(7)2)14-17-13(10-4-5-12(16)21-10)15(22-14)19-9(3)18/h4-6H,1-3H3. The second kappa shape index (κ2) is 6.12. The Kier molecular flexibility index (Phi) is 4.36. The molecule has 0 aliphatic rings. The summed E-state index contributed by atoms with van der Waals surface area (Å²) in [6.45, 7) is 5.56. The minimum atomic E-state index is -0.349. The van der Waals surface area contributed by atoms with Crippen LogP contribution in [0, 0.1) is 13.8 Å². The summed E-state index contributed by atoms with van der Waals surface area (Å²) in [5.41, 5.74) is 1.92. The van der Waals surface area contributed by atoms with E-state index in [1.54, 1.807) is 11.3 Å². The zero-order valence-corrected chi connectivity index (χ0v) is 15.3. The van der Waals surface area contributed by atoms with Crippen molar-refractivity contribution < 1.29 is 9.53 Å². The SMILES string of the molecule is CC(=O)Oc1sc(-c2cc(C)c(C)s2)nc1-c1ccc(Cl)s1. The van der Waals surface area contributed by atoms with Gasteiger partial charge in [0.1, 0.15) is 10.7 Å². The van der Waals surface area contributed by atoms with Gasteiger partial charge in [-0.3, -0.25) is 4.79 Å². The molecule has 7 heteroatoms. The Bertz CT molecular complexity index is 827. The van der Waals surface area contributed by atoms with Crippen molar-refractivity contribution >= 4 is 51.6 Å². The predicted molar refractivity (Wildman–Crippen MR) is 94.5 cm³/mol. The molecule has 0 atom stereocenters. The lowest BCUT2D eigenvalue weighted by Crippen LogP contribution is -2.00. The van der Waals surface area contributed by atoms with Gasteiger partial charge >= 0.3 is 5.97 Å². The third kappa shape index (κ3) is 3.10. The van der Waals surface area contributed by atoms with Crippen LogP contribution < -0.4 is 4.74 Å². The smallest absolute Gasteiger partial charge is 0.308 e. The number of halogens is 1. The van der Waals surface area contributed by atoms with E-state index in [0.717, 1.165) is 14.8 Å². The number of ether oxygens (including phenoxy) is 1. The summed E-state index contributed by atoms with van der Waals surface area (Å²) in [6.07, 6.45) is 0. The molecule has 114 valence electrons. The van der Waals surface area contributed by atoms with Crippen molar-refractivity contribution in [1.29, 1.82) is 0 Å². The quantitative estimate of drug-likeness (QED) is 0.548. The molecule has 0 aromatic carbocycles. The van der Waals surface area contributed by atoms with E-state index in [4.69, 9.17) is 16.3 Å². The molecule has 3 rings (SSSR count). The average Bonchev–Trinajstić information content (AvgIpc) is 3.10. The van der Waals surface area contributed by atoms with Crippen molar-refractivity contribution in [3.63, 3.8) is 0 Å². The zero-order chi connectivity index (χ0) is 15.9. The summed E-state index contributed by atoms with van der Waals surface area (Å²) in [6, 6.07) is 5.82. The Morgan fingerprint density at radius 1 is 1.18 bits per heavy atom. The van der Waals surface area contributed by atoms with Gasteiger partial charge in [-0.15, -0.1) is 22.7 Å². The van der Waals surface area contributed by atoms with E-state index in [1.807, 2.05) is 12.1 Å². The molecular weight excluding hydrogens is 358 g/mol. The van der Waals surface area contributed by atoms with Gasteiger partial charge in [-0.05, 0) is 37.6 Å². The third-order valence-corrected chi connectivity index (χ3v) is 6.51. The fourth-order valence-electron chi connectivity index (χ4n) is 1.89. The highest BCUT2D eigenvalue weighted by molar-refractivity contribution is 7.23. The van der Waals surface area contributed by atoms with Crippen LogP contribution in [0.25, 0.3) is 20.5 Å². The van der Waals surface area contributed by atoms with E-state index in [-0.39, 0.29) is 5.97 Å². The van der Waals surface area contributed by atoms with Crippen LogP contribution in [0.2, 0.25) is 4.34 Å². The highest BCUT2D eigenvalue weighted by Crippen LogP contribution is 2.44. The summed E-state index contributed by atoms with van der Waals surface area (Å²) in [5.74, 6) is -0.349. The van der Waals surface area contributed by atoms with Crippen LogP contribution >= 0.6 is 45.6 Å². The van der Waals surface area contributed by atoms with E-state index in [0.29, 0.717) is 15.1 Å². The molecule has 0 N–H and O–H groups in total. The van der Waals surface area contributed by atoms with Crippen molar-refractivity contribution in [2.24, 2.45) is 0 Å². The van der Waals surface area contributed by atoms with E-state index in [1.165, 1.54) is 40.0 Å². The number of rotatable bonds is 3. The number of nitrogens with zero attached hydrogens (tertiary/aromatic N) is 1. The van der Waals surface area contributed by atoms with Gasteiger partial charge in [-0.2, -0.15) is 0 Å². The number of hydrogen-bond donors (Lipinski definition) is 0. The Balaban J connectivity index is 2.09. The topological polar surface area (TPSA) is 39.2 Å². The zero-order valence-electron chi connectivity index (χ0n) is 12.1. The first-order valence-corrected chi connectivity index (χ1v) is 9.29. The van der Waals surface area contributed by atoms with Crippen LogP contribution in [0.4, 0.5) is 0 Å². The van der Waals surface area contributed by atoms with E-state index >= 15 is 0 Å². The molecule has 3 heterocycles. The molecule has 0 bridgehead atoms. The molecule has 0 spiro atoms. The second-order valence-electron chi connectivity index (χ2n) is 4.70. The molecule has 3 nitrogen and oxygen atoms in total. The van der Waals surface area contributed by atoms with Gasteiger partial charge in [-0.25, -0.2) is 4.98 Å². The van der Waals surface area contributed by atoms with Crippen LogP contribution in [-0.4, -0.2) is 11.0 Å². The Morgan fingerprint density at radius 3 is 2.50 bits per heavy atom. The summed E-state index contributed by atoms with van der Waals surface area (Å²) in [7, 11) is 0. The van der Waals surface area contributed by atoms with Crippen molar-refractivity contribution in [3.8, 4) is 25.5 Å². The molecule has 0 saturated heterocycles. The van der Waals surface area contributed by atoms with Crippen LogP contribution in [0.3, 0.4) is 0 Å². The van der Waals surface area contributed by atoms with E-state index in [9.17, 15) is 4.79 Å². The van der Waals surface area contributed by atoms with Crippen LogP contribution in [0.15, 0.2) is 18.2 Å². The minimum Gasteiger partial charge on any atom is -0.413 e. The molecule has 0 saturated carbocycles. The number of hydrogen-bond acceptors (Lipinski definition) is 6. The number of aryl methyl sites for hydroxylation is 2. The molecular formula is C15H12ClNO2S3. The number of aromatic nitrogens is 1. The second-order valence-corrected chi connectivity index (χ2v) is 8.64. The van der Waals surface area contributed by atoms with E-state index in [2.05, 4.69) is 24.9 Å². The van der Waals surface area contributed by atoms with E-state index < -0.39 is 0 Å². The molecule has 0 aliphatic carbocycles. The van der Waals surface area contributed by atoms with Gasteiger partial charge in [0.15, 0.2) is 0 Å². The highest BCUT2D eigenvalue weighted by atomic mass is 35.5. The summed E-state index contributed by atoms with van der Waals surface area (Å²) < 4.78 is 6.02. The molecule has 0 fully saturated rings. The molecule has 22 heavy (non-hydrogen) atoms. The van der Waals surface area contributed by atoms with Gasteiger partial charge < -0.3 is 4.74 Å². The fourth-order valence-corrected chi connectivity index (χ4v) is 5.03. The van der Waals surface area contributed by atoms with Crippen LogP contribution in [0.1, 0.15) is 17.4 Å². The van der Waals surface area contributed by atoms with Crippen molar-refractivity contribution in [3.05, 3.63) is 33.0 Å². The third-order valence-electron chi connectivity index (χ3n) is 3.02. The number of thiazole rings is 1. The highest BCUT2D eigenvalue weighted by Gasteiger charge is 2.20. The average molecular weight is 370 g/mol. The van der Waals surface area contributed by atoms with Gasteiger partial charge in [0.2, 0.25) is 5.06 Å². The summed E-state index contributed by atoms with van der Waals surface area (Å²) >= 11 is 10.5. The molecule has 0 unspecified atom stereocenters. The Morgan fingerprint density at radius 2 is 1.95 bits per heavy atom. The predicted octanol–water partition coefficient (Wildman–Crippen LogP) is 5.80. The normalized spacial score (nSPS) is 10.9. The Labute approximate surface area is 145 Å². The maximum atomic E-state index is 11.3. The molecule has 0 aliphatic heterocycles. The largest absolute Gasteiger partial charge is 0.413 e. The summed E-state index contributed by atoms with van der Waals surface area (Å²) in [4.78, 5) is 19.3. The monoisotopic (exact) mass is 369 g/mol. The van der Waals surface area contributed by atoms with Crippen LogP contribution in [-0.2, 0) is 4.79 Å². The number of esters is 1. The van der Waals surface area contributed by atoms with Crippen LogP contribution in [0.5, 0.6) is 5.06 Å². The van der Waals surface area contributed by atoms with Gasteiger partial charge in [0.05, 0.1) is 14.1 Å².